The van der Waals surface area contributed by atoms with Crippen LogP contribution in [0.15, 0.2) is 29.2 Å². The molecule has 3 N–H and O–H groups in total. The molecule has 0 saturated carbocycles. The quantitative estimate of drug-likeness (QED) is 0.767. The van der Waals surface area contributed by atoms with E-state index in [1.807, 2.05) is 0 Å². The molecule has 8 nitrogen and oxygen atoms in total. The van der Waals surface area contributed by atoms with Crippen LogP contribution in [-0.4, -0.2) is 45.9 Å². The number of carbonyl (C=O) groups excluding carboxylic acids is 1. The number of anilines is 1. The normalized spacial score (nSPS) is 19.8. The second kappa shape index (κ2) is 7.18. The number of hydrogen-bond acceptors (Lipinski definition) is 5. The lowest BCUT2D eigenvalue weighted by atomic mass is 9.99. The first-order chi connectivity index (χ1) is 11.1. The zero-order valence-corrected chi connectivity index (χ0v) is 14.9. The van der Waals surface area contributed by atoms with Gasteiger partial charge in [-0.05, 0) is 44.0 Å². The molecule has 1 amide bonds. The van der Waals surface area contributed by atoms with Crippen LogP contribution < -0.4 is 10.5 Å². The number of hydrogen-bond donors (Lipinski definition) is 2. The van der Waals surface area contributed by atoms with Crippen molar-refractivity contribution in [1.82, 2.24) is 4.31 Å². The minimum Gasteiger partial charge on any atom is -0.326 e. The highest BCUT2D eigenvalue weighted by molar-refractivity contribution is 7.89. The predicted molar refractivity (Wildman–Crippen MR) is 90.2 cm³/mol. The average Bonchev–Trinajstić information content (AvgIpc) is 2.54. The van der Waals surface area contributed by atoms with Crippen molar-refractivity contribution in [3.05, 3.63) is 24.3 Å². The van der Waals surface area contributed by atoms with Crippen LogP contribution in [0.3, 0.4) is 0 Å². The van der Waals surface area contributed by atoms with E-state index < -0.39 is 26.0 Å². The van der Waals surface area contributed by atoms with Crippen molar-refractivity contribution in [3.8, 4) is 0 Å². The number of primary sulfonamides is 1. The molecule has 134 valence electrons. The van der Waals surface area contributed by atoms with Crippen molar-refractivity contribution in [2.75, 3.05) is 24.2 Å². The molecule has 0 radical (unpaired) electrons. The molecule has 1 atom stereocenters. The summed E-state index contributed by atoms with van der Waals surface area (Å²) in [4.78, 5) is 12.3. The Balaban J connectivity index is 2.04. The van der Waals surface area contributed by atoms with Crippen molar-refractivity contribution < 1.29 is 21.6 Å². The van der Waals surface area contributed by atoms with E-state index in [0.29, 0.717) is 25.1 Å². The Morgan fingerprint density at radius 2 is 1.88 bits per heavy atom. The Kier molecular flexibility index (Phi) is 5.63. The smallest absolute Gasteiger partial charge is 0.238 e. The fourth-order valence-electron chi connectivity index (χ4n) is 2.56. The van der Waals surface area contributed by atoms with Crippen molar-refractivity contribution in [3.63, 3.8) is 0 Å². The van der Waals surface area contributed by atoms with Crippen LogP contribution in [0.5, 0.6) is 0 Å². The number of piperidine rings is 1. The second-order valence-electron chi connectivity index (χ2n) is 5.66. The van der Waals surface area contributed by atoms with Crippen LogP contribution in [0.1, 0.15) is 19.8 Å². The number of amides is 1. The Morgan fingerprint density at radius 3 is 2.42 bits per heavy atom. The zero-order chi connectivity index (χ0) is 18.0. The Morgan fingerprint density at radius 1 is 1.25 bits per heavy atom. The number of sulfonamides is 2. The van der Waals surface area contributed by atoms with Crippen molar-refractivity contribution in [1.29, 1.82) is 0 Å². The summed E-state index contributed by atoms with van der Waals surface area (Å²) in [5.41, 5.74) is 0.433. The molecule has 1 fully saturated rings. The molecular formula is C14H21N3O5S2. The lowest BCUT2D eigenvalue weighted by Gasteiger charge is -2.30. The molecule has 24 heavy (non-hydrogen) atoms. The zero-order valence-electron chi connectivity index (χ0n) is 13.3. The van der Waals surface area contributed by atoms with Crippen LogP contribution in [-0.2, 0) is 24.8 Å². The summed E-state index contributed by atoms with van der Waals surface area (Å²) in [7, 11) is -7.09. The van der Waals surface area contributed by atoms with Gasteiger partial charge in [0.1, 0.15) is 0 Å². The lowest BCUT2D eigenvalue weighted by Crippen LogP contribution is -2.44. The summed E-state index contributed by atoms with van der Waals surface area (Å²) >= 11 is 0. The van der Waals surface area contributed by atoms with Gasteiger partial charge >= 0.3 is 0 Å². The van der Waals surface area contributed by atoms with E-state index in [0.717, 1.165) is 0 Å². The monoisotopic (exact) mass is 375 g/mol. The molecule has 0 aromatic heterocycles. The van der Waals surface area contributed by atoms with Crippen molar-refractivity contribution in [2.24, 2.45) is 11.1 Å². The van der Waals surface area contributed by atoms with Gasteiger partial charge in [-0.1, -0.05) is 0 Å². The molecule has 2 rings (SSSR count). The van der Waals surface area contributed by atoms with Crippen molar-refractivity contribution in [2.45, 2.75) is 24.7 Å². The van der Waals surface area contributed by atoms with Crippen LogP contribution >= 0.6 is 0 Å². The number of benzene rings is 1. The van der Waals surface area contributed by atoms with Gasteiger partial charge < -0.3 is 5.32 Å². The highest BCUT2D eigenvalue weighted by Crippen LogP contribution is 2.21. The molecule has 0 spiro atoms. The van der Waals surface area contributed by atoms with Gasteiger partial charge in [0.15, 0.2) is 0 Å². The number of rotatable bonds is 5. The molecular weight excluding hydrogens is 354 g/mol. The number of carbonyl (C=O) groups is 1. The van der Waals surface area contributed by atoms with E-state index in [9.17, 15) is 21.6 Å². The van der Waals surface area contributed by atoms with E-state index >= 15 is 0 Å². The first-order valence-corrected chi connectivity index (χ1v) is 10.7. The first-order valence-electron chi connectivity index (χ1n) is 7.55. The molecule has 0 bridgehead atoms. The summed E-state index contributed by atoms with van der Waals surface area (Å²) in [6.45, 7) is 2.17. The molecule has 10 heteroatoms. The first kappa shape index (κ1) is 18.8. The third-order valence-corrected chi connectivity index (χ3v) is 6.74. The van der Waals surface area contributed by atoms with E-state index in [2.05, 4.69) is 5.32 Å². The lowest BCUT2D eigenvalue weighted by molar-refractivity contribution is -0.120. The molecule has 1 heterocycles. The van der Waals surface area contributed by atoms with Gasteiger partial charge in [-0.3, -0.25) is 4.79 Å². The fourth-order valence-corrected chi connectivity index (χ4v) is 4.26. The fraction of sp³-hybridized carbons (Fsp3) is 0.500. The molecule has 1 aromatic carbocycles. The molecule has 0 unspecified atom stereocenters. The highest BCUT2D eigenvalue weighted by Gasteiger charge is 2.31. The van der Waals surface area contributed by atoms with Crippen LogP contribution in [0.25, 0.3) is 0 Å². The van der Waals surface area contributed by atoms with Gasteiger partial charge in [0.05, 0.1) is 16.6 Å². The van der Waals surface area contributed by atoms with Crippen LogP contribution in [0, 0.1) is 5.92 Å². The number of nitrogens with zero attached hydrogens (tertiary/aromatic N) is 1. The highest BCUT2D eigenvalue weighted by atomic mass is 32.2. The minimum absolute atomic E-state index is 0.0103. The van der Waals surface area contributed by atoms with Gasteiger partial charge in [0.2, 0.25) is 26.0 Å². The summed E-state index contributed by atoms with van der Waals surface area (Å²) in [5.74, 6) is -0.705. The number of nitrogens with two attached hydrogens (primary N) is 1. The third kappa shape index (κ3) is 4.53. The molecule has 1 aromatic rings. The van der Waals surface area contributed by atoms with Gasteiger partial charge in [-0.25, -0.2) is 26.3 Å². The SMILES string of the molecule is CCS(=O)(=O)N1CCC[C@@H](C(=O)Nc2ccc(S(N)(=O)=O)cc2)C1. The van der Waals surface area contributed by atoms with Gasteiger partial charge in [0, 0.05) is 18.8 Å². The molecule has 1 aliphatic heterocycles. The summed E-state index contributed by atoms with van der Waals surface area (Å²) in [6, 6.07) is 5.50. The molecule has 1 aliphatic rings. The van der Waals surface area contributed by atoms with Crippen molar-refractivity contribution >= 4 is 31.6 Å². The van der Waals surface area contributed by atoms with E-state index in [1.165, 1.54) is 28.6 Å². The predicted octanol–water partition coefficient (Wildman–Crippen LogP) is 0.334. The Labute approximate surface area is 142 Å². The van der Waals surface area contributed by atoms with Gasteiger partial charge in [-0.2, -0.15) is 0 Å². The van der Waals surface area contributed by atoms with Crippen LogP contribution in [0.4, 0.5) is 5.69 Å². The maximum absolute atomic E-state index is 12.3. The minimum atomic E-state index is -3.78. The topological polar surface area (TPSA) is 127 Å². The van der Waals surface area contributed by atoms with Gasteiger partial charge in [-0.15, -0.1) is 0 Å². The van der Waals surface area contributed by atoms with E-state index in [4.69, 9.17) is 5.14 Å². The van der Waals surface area contributed by atoms with E-state index in [-0.39, 0.29) is 23.1 Å². The van der Waals surface area contributed by atoms with Crippen LogP contribution in [0.2, 0.25) is 0 Å². The van der Waals surface area contributed by atoms with E-state index in [1.54, 1.807) is 6.92 Å². The summed E-state index contributed by atoms with van der Waals surface area (Å²) in [6.07, 6.45) is 1.23. The Hall–Kier alpha value is -1.49. The Bertz CT molecular complexity index is 803. The standard InChI is InChI=1S/C14H21N3O5S2/c1-2-23(19,20)17-9-3-4-11(10-17)14(18)16-12-5-7-13(8-6-12)24(15,21)22/h5-8,11H,2-4,9-10H2,1H3,(H,16,18)(H2,15,21,22)/t11-/m1/s1. The largest absolute Gasteiger partial charge is 0.326 e. The third-order valence-electron chi connectivity index (χ3n) is 3.96. The molecule has 1 saturated heterocycles. The maximum Gasteiger partial charge on any atom is 0.238 e. The summed E-state index contributed by atoms with van der Waals surface area (Å²) in [5, 5.41) is 7.70. The second-order valence-corrected chi connectivity index (χ2v) is 9.48. The number of nitrogens with one attached hydrogen (secondary N) is 1. The van der Waals surface area contributed by atoms with Gasteiger partial charge in [0.25, 0.3) is 0 Å². The maximum atomic E-state index is 12.3. The average molecular weight is 375 g/mol. The summed E-state index contributed by atoms with van der Waals surface area (Å²) < 4.78 is 47.6. The molecule has 0 aliphatic carbocycles.